The summed E-state index contributed by atoms with van der Waals surface area (Å²) in [5.41, 5.74) is 7.59. The summed E-state index contributed by atoms with van der Waals surface area (Å²) in [6.45, 7) is 0.277. The number of amides is 1. The Labute approximate surface area is 117 Å². The fourth-order valence-corrected chi connectivity index (χ4v) is 1.93. The van der Waals surface area contributed by atoms with E-state index in [0.717, 1.165) is 5.56 Å². The predicted octanol–water partition coefficient (Wildman–Crippen LogP) is 2.01. The Hall–Kier alpha value is -2.20. The van der Waals surface area contributed by atoms with E-state index in [-0.39, 0.29) is 18.3 Å². The molecule has 0 bridgehead atoms. The molecule has 1 atom stereocenters. The van der Waals surface area contributed by atoms with Crippen LogP contribution in [0.5, 0.6) is 0 Å². The summed E-state index contributed by atoms with van der Waals surface area (Å²) in [5.74, 6) is -0.552. The van der Waals surface area contributed by atoms with Crippen LogP contribution in [0.1, 0.15) is 11.1 Å². The maximum atomic E-state index is 13.0. The molecule has 20 heavy (non-hydrogen) atoms. The monoisotopic (exact) mass is 272 g/mol. The van der Waals surface area contributed by atoms with Crippen molar-refractivity contribution in [3.63, 3.8) is 0 Å². The average Bonchev–Trinajstić information content (AvgIpc) is 2.46. The first kappa shape index (κ1) is 14.2. The van der Waals surface area contributed by atoms with Gasteiger partial charge in [-0.15, -0.1) is 0 Å². The van der Waals surface area contributed by atoms with Gasteiger partial charge in [-0.05, 0) is 29.7 Å². The molecule has 2 rings (SSSR count). The molecule has 0 saturated carbocycles. The predicted molar refractivity (Wildman–Crippen MR) is 76.4 cm³/mol. The molecule has 0 aliphatic rings. The molecule has 4 heteroatoms. The van der Waals surface area contributed by atoms with Gasteiger partial charge in [0.1, 0.15) is 5.82 Å². The number of hydrogen-bond donors (Lipinski definition) is 2. The highest BCUT2D eigenvalue weighted by molar-refractivity contribution is 5.81. The lowest BCUT2D eigenvalue weighted by Gasteiger charge is -2.12. The van der Waals surface area contributed by atoms with Gasteiger partial charge in [0, 0.05) is 6.54 Å². The minimum Gasteiger partial charge on any atom is -0.351 e. The van der Waals surface area contributed by atoms with Gasteiger partial charge >= 0.3 is 0 Å². The van der Waals surface area contributed by atoms with Crippen molar-refractivity contribution in [1.29, 1.82) is 0 Å². The first-order valence-electron chi connectivity index (χ1n) is 6.47. The Bertz CT molecular complexity index is 572. The Balaban J connectivity index is 1.85. The SMILES string of the molecule is N[C@@H](Cc1ccccc1)C(=O)NCc1cccc(F)c1. The van der Waals surface area contributed by atoms with Gasteiger partial charge in [0.2, 0.25) is 5.91 Å². The third-order valence-corrected chi connectivity index (χ3v) is 2.99. The molecule has 3 nitrogen and oxygen atoms in total. The number of carbonyl (C=O) groups is 1. The minimum absolute atomic E-state index is 0.238. The molecule has 0 aliphatic carbocycles. The number of halogens is 1. The van der Waals surface area contributed by atoms with Crippen molar-refractivity contribution >= 4 is 5.91 Å². The molecule has 2 aromatic carbocycles. The van der Waals surface area contributed by atoms with E-state index < -0.39 is 6.04 Å². The lowest BCUT2D eigenvalue weighted by Crippen LogP contribution is -2.41. The van der Waals surface area contributed by atoms with Gasteiger partial charge in [0.25, 0.3) is 0 Å². The van der Waals surface area contributed by atoms with Crippen molar-refractivity contribution in [2.24, 2.45) is 5.73 Å². The Kier molecular flexibility index (Phi) is 4.85. The maximum Gasteiger partial charge on any atom is 0.237 e. The molecule has 0 radical (unpaired) electrons. The van der Waals surface area contributed by atoms with Crippen LogP contribution in [-0.4, -0.2) is 11.9 Å². The molecular weight excluding hydrogens is 255 g/mol. The number of nitrogens with one attached hydrogen (secondary N) is 1. The van der Waals surface area contributed by atoms with Crippen molar-refractivity contribution in [2.75, 3.05) is 0 Å². The van der Waals surface area contributed by atoms with E-state index in [1.54, 1.807) is 12.1 Å². The molecule has 0 fully saturated rings. The second-order valence-electron chi connectivity index (χ2n) is 4.64. The Morgan fingerprint density at radius 1 is 1.10 bits per heavy atom. The van der Waals surface area contributed by atoms with Crippen LogP contribution >= 0.6 is 0 Å². The number of hydrogen-bond acceptors (Lipinski definition) is 2. The fraction of sp³-hybridized carbons (Fsp3) is 0.188. The molecular formula is C16H17FN2O. The molecule has 0 saturated heterocycles. The zero-order valence-electron chi connectivity index (χ0n) is 11.1. The van der Waals surface area contributed by atoms with Gasteiger partial charge in [0.05, 0.1) is 6.04 Å². The Morgan fingerprint density at radius 3 is 2.50 bits per heavy atom. The standard InChI is InChI=1S/C16H17FN2O/c17-14-8-4-7-13(9-14)11-19-16(20)15(18)10-12-5-2-1-3-6-12/h1-9,15H,10-11,18H2,(H,19,20)/t15-/m0/s1. The molecule has 2 aromatic rings. The summed E-state index contributed by atoms with van der Waals surface area (Å²) in [5, 5.41) is 2.72. The molecule has 0 spiro atoms. The molecule has 0 aliphatic heterocycles. The zero-order chi connectivity index (χ0) is 14.4. The van der Waals surface area contributed by atoms with Crippen LogP contribution in [-0.2, 0) is 17.8 Å². The van der Waals surface area contributed by atoms with Gasteiger partial charge in [-0.2, -0.15) is 0 Å². The highest BCUT2D eigenvalue weighted by atomic mass is 19.1. The van der Waals surface area contributed by atoms with Crippen molar-refractivity contribution < 1.29 is 9.18 Å². The van der Waals surface area contributed by atoms with E-state index in [0.29, 0.717) is 12.0 Å². The van der Waals surface area contributed by atoms with Crippen LogP contribution in [0.4, 0.5) is 4.39 Å². The summed E-state index contributed by atoms with van der Waals surface area (Å²) >= 11 is 0. The van der Waals surface area contributed by atoms with Crippen molar-refractivity contribution in [3.8, 4) is 0 Å². The normalized spacial score (nSPS) is 11.9. The van der Waals surface area contributed by atoms with Crippen LogP contribution in [0, 0.1) is 5.82 Å². The third kappa shape index (κ3) is 4.17. The van der Waals surface area contributed by atoms with E-state index in [1.165, 1.54) is 12.1 Å². The molecule has 1 amide bonds. The summed E-state index contributed by atoms with van der Waals surface area (Å²) in [6, 6.07) is 15.1. The van der Waals surface area contributed by atoms with E-state index in [9.17, 15) is 9.18 Å². The maximum absolute atomic E-state index is 13.0. The smallest absolute Gasteiger partial charge is 0.237 e. The van der Waals surface area contributed by atoms with Crippen molar-refractivity contribution in [1.82, 2.24) is 5.32 Å². The van der Waals surface area contributed by atoms with Crippen LogP contribution in [0.3, 0.4) is 0 Å². The van der Waals surface area contributed by atoms with Crippen LogP contribution < -0.4 is 11.1 Å². The average molecular weight is 272 g/mol. The number of nitrogens with two attached hydrogens (primary N) is 1. The van der Waals surface area contributed by atoms with Crippen LogP contribution in [0.25, 0.3) is 0 Å². The van der Waals surface area contributed by atoms with Gasteiger partial charge in [0.15, 0.2) is 0 Å². The summed E-state index contributed by atoms with van der Waals surface area (Å²) in [4.78, 5) is 11.9. The van der Waals surface area contributed by atoms with E-state index in [4.69, 9.17) is 5.73 Å². The van der Waals surface area contributed by atoms with E-state index in [1.807, 2.05) is 30.3 Å². The third-order valence-electron chi connectivity index (χ3n) is 2.99. The van der Waals surface area contributed by atoms with Crippen LogP contribution in [0.15, 0.2) is 54.6 Å². The van der Waals surface area contributed by atoms with Crippen LogP contribution in [0.2, 0.25) is 0 Å². The van der Waals surface area contributed by atoms with Gasteiger partial charge < -0.3 is 11.1 Å². The van der Waals surface area contributed by atoms with E-state index >= 15 is 0 Å². The highest BCUT2D eigenvalue weighted by Crippen LogP contribution is 2.04. The first-order valence-corrected chi connectivity index (χ1v) is 6.47. The van der Waals surface area contributed by atoms with Gasteiger partial charge in [-0.1, -0.05) is 42.5 Å². The second kappa shape index (κ2) is 6.82. The van der Waals surface area contributed by atoms with Crippen molar-refractivity contribution in [2.45, 2.75) is 19.0 Å². The molecule has 0 unspecified atom stereocenters. The second-order valence-corrected chi connectivity index (χ2v) is 4.64. The minimum atomic E-state index is -0.606. The largest absolute Gasteiger partial charge is 0.351 e. The molecule has 0 aromatic heterocycles. The fourth-order valence-electron chi connectivity index (χ4n) is 1.93. The summed E-state index contributed by atoms with van der Waals surface area (Å²) < 4.78 is 13.0. The van der Waals surface area contributed by atoms with E-state index in [2.05, 4.69) is 5.32 Å². The number of rotatable bonds is 5. The highest BCUT2D eigenvalue weighted by Gasteiger charge is 2.13. The number of benzene rings is 2. The van der Waals surface area contributed by atoms with Crippen molar-refractivity contribution in [3.05, 3.63) is 71.5 Å². The molecule has 104 valence electrons. The van der Waals surface area contributed by atoms with Gasteiger partial charge in [-0.3, -0.25) is 4.79 Å². The lowest BCUT2D eigenvalue weighted by atomic mass is 10.1. The summed E-state index contributed by atoms with van der Waals surface area (Å²) in [7, 11) is 0. The lowest BCUT2D eigenvalue weighted by molar-refractivity contribution is -0.122. The molecule has 0 heterocycles. The summed E-state index contributed by atoms with van der Waals surface area (Å²) in [6.07, 6.45) is 0.482. The molecule has 3 N–H and O–H groups in total. The quantitative estimate of drug-likeness (QED) is 0.875. The first-order chi connectivity index (χ1) is 9.65. The zero-order valence-corrected chi connectivity index (χ0v) is 11.1. The topological polar surface area (TPSA) is 55.1 Å². The Morgan fingerprint density at radius 2 is 1.80 bits per heavy atom. The van der Waals surface area contributed by atoms with Gasteiger partial charge in [-0.25, -0.2) is 4.39 Å². The number of carbonyl (C=O) groups excluding carboxylic acids is 1.